The highest BCUT2D eigenvalue weighted by molar-refractivity contribution is 5.95. The lowest BCUT2D eigenvalue weighted by molar-refractivity contribution is 0.0934. The predicted octanol–water partition coefficient (Wildman–Crippen LogP) is 3.69. The van der Waals surface area contributed by atoms with Crippen molar-refractivity contribution in [2.24, 2.45) is 0 Å². The van der Waals surface area contributed by atoms with Crippen molar-refractivity contribution in [3.05, 3.63) is 59.7 Å². The van der Waals surface area contributed by atoms with Crippen LogP contribution in [-0.2, 0) is 0 Å². The van der Waals surface area contributed by atoms with Crippen LogP contribution in [0.5, 0.6) is 11.5 Å². The van der Waals surface area contributed by atoms with Crippen LogP contribution in [0.2, 0.25) is 0 Å². The third-order valence-corrected chi connectivity index (χ3v) is 3.72. The van der Waals surface area contributed by atoms with Crippen LogP contribution >= 0.6 is 0 Å². The summed E-state index contributed by atoms with van der Waals surface area (Å²) in [5.41, 5.74) is 1.71. The molecule has 0 saturated carbocycles. The van der Waals surface area contributed by atoms with Gasteiger partial charge in [-0.25, -0.2) is 0 Å². The summed E-state index contributed by atoms with van der Waals surface area (Å²) >= 11 is 0. The van der Waals surface area contributed by atoms with Crippen LogP contribution in [0.3, 0.4) is 0 Å². The molecule has 0 bridgehead atoms. The molecule has 114 valence electrons. The van der Waals surface area contributed by atoms with Gasteiger partial charge in [0.05, 0.1) is 6.04 Å². The number of benzene rings is 2. The van der Waals surface area contributed by atoms with Crippen LogP contribution in [0.15, 0.2) is 48.5 Å². The van der Waals surface area contributed by atoms with Crippen molar-refractivity contribution in [3.8, 4) is 11.5 Å². The highest BCUT2D eigenvalue weighted by Crippen LogP contribution is 2.32. The van der Waals surface area contributed by atoms with Gasteiger partial charge in [-0.2, -0.15) is 0 Å². The molecule has 0 aromatic heterocycles. The summed E-state index contributed by atoms with van der Waals surface area (Å²) in [4.78, 5) is 12.5. The Labute approximate surface area is 130 Å². The minimum atomic E-state index is -0.0967. The molecule has 1 heterocycles. The maximum absolute atomic E-state index is 12.5. The van der Waals surface area contributed by atoms with E-state index in [0.29, 0.717) is 17.1 Å². The molecule has 0 saturated heterocycles. The van der Waals surface area contributed by atoms with Gasteiger partial charge < -0.3 is 14.8 Å². The second-order valence-electron chi connectivity index (χ2n) is 5.29. The van der Waals surface area contributed by atoms with Gasteiger partial charge in [-0.3, -0.25) is 4.79 Å². The first-order chi connectivity index (χ1) is 10.8. The zero-order valence-corrected chi connectivity index (χ0v) is 12.5. The van der Waals surface area contributed by atoms with Crippen LogP contribution in [0.1, 0.15) is 41.7 Å². The van der Waals surface area contributed by atoms with Gasteiger partial charge in [0, 0.05) is 5.56 Å². The number of carbonyl (C=O) groups is 1. The smallest absolute Gasteiger partial charge is 0.251 e. The lowest BCUT2D eigenvalue weighted by Crippen LogP contribution is -2.28. The van der Waals surface area contributed by atoms with E-state index in [-0.39, 0.29) is 18.7 Å². The monoisotopic (exact) mass is 297 g/mol. The van der Waals surface area contributed by atoms with Crippen molar-refractivity contribution >= 4 is 5.91 Å². The van der Waals surface area contributed by atoms with Gasteiger partial charge in [0.1, 0.15) is 0 Å². The molecule has 0 radical (unpaired) electrons. The van der Waals surface area contributed by atoms with E-state index in [9.17, 15) is 4.79 Å². The molecular formula is C18H19NO3. The van der Waals surface area contributed by atoms with E-state index in [1.54, 1.807) is 18.2 Å². The van der Waals surface area contributed by atoms with E-state index >= 15 is 0 Å². The Kier molecular flexibility index (Phi) is 4.28. The van der Waals surface area contributed by atoms with Crippen molar-refractivity contribution < 1.29 is 14.3 Å². The summed E-state index contributed by atoms with van der Waals surface area (Å²) in [6.07, 6.45) is 1.90. The van der Waals surface area contributed by atoms with Crippen molar-refractivity contribution in [2.75, 3.05) is 6.79 Å². The van der Waals surface area contributed by atoms with Gasteiger partial charge in [-0.15, -0.1) is 0 Å². The molecule has 0 spiro atoms. The Morgan fingerprint density at radius 1 is 1.14 bits per heavy atom. The summed E-state index contributed by atoms with van der Waals surface area (Å²) in [5.74, 6) is 1.21. The van der Waals surface area contributed by atoms with Gasteiger partial charge in [0.2, 0.25) is 6.79 Å². The molecule has 1 aliphatic rings. The fourth-order valence-corrected chi connectivity index (χ4v) is 2.58. The van der Waals surface area contributed by atoms with Gasteiger partial charge in [-0.1, -0.05) is 43.7 Å². The Hall–Kier alpha value is -2.49. The Morgan fingerprint density at radius 3 is 2.68 bits per heavy atom. The second-order valence-corrected chi connectivity index (χ2v) is 5.29. The van der Waals surface area contributed by atoms with Crippen LogP contribution in [0.25, 0.3) is 0 Å². The maximum Gasteiger partial charge on any atom is 0.251 e. The van der Waals surface area contributed by atoms with E-state index in [1.807, 2.05) is 30.3 Å². The summed E-state index contributed by atoms with van der Waals surface area (Å²) in [6.45, 7) is 2.32. The highest BCUT2D eigenvalue weighted by Gasteiger charge is 2.19. The number of amides is 1. The van der Waals surface area contributed by atoms with Gasteiger partial charge in [0.15, 0.2) is 11.5 Å². The predicted molar refractivity (Wildman–Crippen MR) is 84.1 cm³/mol. The molecule has 0 aliphatic carbocycles. The summed E-state index contributed by atoms with van der Waals surface area (Å²) < 4.78 is 10.6. The zero-order valence-electron chi connectivity index (χ0n) is 12.5. The lowest BCUT2D eigenvalue weighted by atomic mass is 10.0. The summed E-state index contributed by atoms with van der Waals surface area (Å²) in [5, 5.41) is 3.11. The summed E-state index contributed by atoms with van der Waals surface area (Å²) in [6, 6.07) is 15.3. The molecule has 1 atom stereocenters. The largest absolute Gasteiger partial charge is 0.454 e. The van der Waals surface area contributed by atoms with Crippen molar-refractivity contribution in [1.29, 1.82) is 0 Å². The molecule has 2 aromatic carbocycles. The zero-order chi connectivity index (χ0) is 15.4. The van der Waals surface area contributed by atoms with Crippen LogP contribution < -0.4 is 14.8 Å². The number of nitrogens with one attached hydrogen (secondary N) is 1. The Bertz CT molecular complexity index is 655. The van der Waals surface area contributed by atoms with E-state index in [0.717, 1.165) is 18.4 Å². The minimum Gasteiger partial charge on any atom is -0.454 e. The van der Waals surface area contributed by atoms with Gasteiger partial charge in [-0.05, 0) is 30.2 Å². The van der Waals surface area contributed by atoms with Gasteiger partial charge >= 0.3 is 0 Å². The third kappa shape index (κ3) is 3.06. The molecule has 0 fully saturated rings. The number of rotatable bonds is 5. The fraction of sp³-hybridized carbons (Fsp3) is 0.278. The lowest BCUT2D eigenvalue weighted by Gasteiger charge is -2.18. The van der Waals surface area contributed by atoms with Crippen LogP contribution in [0.4, 0.5) is 0 Å². The quantitative estimate of drug-likeness (QED) is 0.915. The molecule has 1 N–H and O–H groups in total. The van der Waals surface area contributed by atoms with Crippen molar-refractivity contribution in [2.45, 2.75) is 25.8 Å². The maximum atomic E-state index is 12.5. The minimum absolute atomic E-state index is 0.0177. The SMILES string of the molecule is CCCC(NC(=O)c1ccc2c(c1)OCO2)c1ccccc1. The number of carbonyl (C=O) groups excluding carboxylic acids is 1. The van der Waals surface area contributed by atoms with E-state index < -0.39 is 0 Å². The highest BCUT2D eigenvalue weighted by atomic mass is 16.7. The summed E-state index contributed by atoms with van der Waals surface area (Å²) in [7, 11) is 0. The first kappa shape index (κ1) is 14.4. The average Bonchev–Trinajstić information content (AvgIpc) is 3.02. The molecule has 22 heavy (non-hydrogen) atoms. The van der Waals surface area contributed by atoms with Crippen molar-refractivity contribution in [3.63, 3.8) is 0 Å². The molecule has 2 aromatic rings. The van der Waals surface area contributed by atoms with E-state index in [2.05, 4.69) is 12.2 Å². The van der Waals surface area contributed by atoms with Crippen LogP contribution in [0, 0.1) is 0 Å². The normalized spacial score (nSPS) is 13.7. The molecule has 3 rings (SSSR count). The number of ether oxygens (including phenoxy) is 2. The standard InChI is InChI=1S/C18H19NO3/c1-2-6-15(13-7-4-3-5-8-13)19-18(20)14-9-10-16-17(11-14)22-12-21-16/h3-5,7-11,15H,2,6,12H2,1H3,(H,19,20). The Balaban J connectivity index is 1.76. The molecule has 4 heteroatoms. The van der Waals surface area contributed by atoms with E-state index in [4.69, 9.17) is 9.47 Å². The fourth-order valence-electron chi connectivity index (χ4n) is 2.58. The molecular weight excluding hydrogens is 278 g/mol. The number of hydrogen-bond acceptors (Lipinski definition) is 3. The average molecular weight is 297 g/mol. The molecule has 1 amide bonds. The van der Waals surface area contributed by atoms with E-state index in [1.165, 1.54) is 0 Å². The second kappa shape index (κ2) is 6.52. The number of hydrogen-bond donors (Lipinski definition) is 1. The molecule has 1 unspecified atom stereocenters. The Morgan fingerprint density at radius 2 is 1.91 bits per heavy atom. The van der Waals surface area contributed by atoms with Crippen molar-refractivity contribution in [1.82, 2.24) is 5.32 Å². The first-order valence-corrected chi connectivity index (χ1v) is 7.53. The van der Waals surface area contributed by atoms with Gasteiger partial charge in [0.25, 0.3) is 5.91 Å². The van der Waals surface area contributed by atoms with Crippen LogP contribution in [-0.4, -0.2) is 12.7 Å². The number of fused-ring (bicyclic) bond motifs is 1. The first-order valence-electron chi connectivity index (χ1n) is 7.53. The third-order valence-electron chi connectivity index (χ3n) is 3.72. The molecule has 1 aliphatic heterocycles. The molecule has 4 nitrogen and oxygen atoms in total. The topological polar surface area (TPSA) is 47.6 Å².